The van der Waals surface area contributed by atoms with Gasteiger partial charge in [0.15, 0.2) is 0 Å². The van der Waals surface area contributed by atoms with Crippen molar-refractivity contribution in [1.82, 2.24) is 9.97 Å². The molecule has 2 heterocycles. The van der Waals surface area contributed by atoms with Gasteiger partial charge in [0.05, 0.1) is 9.71 Å². The van der Waals surface area contributed by atoms with Crippen LogP contribution in [0.1, 0.15) is 15.5 Å². The Balaban J connectivity index is 2.64. The smallest absolute Gasteiger partial charge is 0.352 e. The van der Waals surface area contributed by atoms with Crippen LogP contribution in [0, 0.1) is 6.92 Å². The number of nitrogens with zero attached hydrogens (tertiary/aromatic N) is 1. The quantitative estimate of drug-likeness (QED) is 0.704. The summed E-state index contributed by atoms with van der Waals surface area (Å²) < 4.78 is 0.893. The van der Waals surface area contributed by atoms with E-state index in [9.17, 15) is 4.79 Å². The molecule has 5 heteroatoms. The van der Waals surface area contributed by atoms with Crippen LogP contribution in [-0.4, -0.2) is 21.0 Å². The molecule has 4 nitrogen and oxygen atoms in total. The Hall–Kier alpha value is -1.36. The number of aryl methyl sites for hydroxylation is 1. The van der Waals surface area contributed by atoms with E-state index in [1.165, 1.54) is 11.3 Å². The fourth-order valence-electron chi connectivity index (χ4n) is 1.04. The molecule has 0 saturated heterocycles. The first-order valence-electron chi connectivity index (χ1n) is 3.36. The van der Waals surface area contributed by atoms with E-state index < -0.39 is 5.97 Å². The largest absolute Gasteiger partial charge is 0.477 e. The van der Waals surface area contributed by atoms with Gasteiger partial charge in [0.25, 0.3) is 0 Å². The third-order valence-corrected chi connectivity index (χ3v) is 2.44. The number of hydrogen-bond donors (Lipinski definition) is 2. The minimum atomic E-state index is -0.946. The summed E-state index contributed by atoms with van der Waals surface area (Å²) in [7, 11) is 0. The maximum atomic E-state index is 10.5. The van der Waals surface area contributed by atoms with Crippen molar-refractivity contribution in [3.63, 3.8) is 0 Å². The molecule has 0 bridgehead atoms. The van der Waals surface area contributed by atoms with Crippen LogP contribution in [0.25, 0.3) is 10.3 Å². The van der Waals surface area contributed by atoms with Gasteiger partial charge in [-0.2, -0.15) is 0 Å². The summed E-state index contributed by atoms with van der Waals surface area (Å²) in [5.41, 5.74) is 0.860. The van der Waals surface area contributed by atoms with Crippen molar-refractivity contribution in [2.75, 3.05) is 0 Å². The molecule has 0 unspecified atom stereocenters. The van der Waals surface area contributed by atoms with Gasteiger partial charge in [0.1, 0.15) is 11.3 Å². The number of H-pyrrole nitrogens is 1. The number of fused-ring (bicyclic) bond motifs is 1. The maximum absolute atomic E-state index is 10.5. The summed E-state index contributed by atoms with van der Waals surface area (Å²) in [5, 5.41) is 9.56. The molecule has 0 aliphatic carbocycles. The van der Waals surface area contributed by atoms with Crippen LogP contribution >= 0.6 is 11.3 Å². The molecule has 12 heavy (non-hydrogen) atoms. The van der Waals surface area contributed by atoms with Gasteiger partial charge in [0, 0.05) is 0 Å². The summed E-state index contributed by atoms with van der Waals surface area (Å²) in [6, 6.07) is 1.60. The molecular formula is C7H6N2O2S. The van der Waals surface area contributed by atoms with E-state index in [-0.39, 0.29) is 5.69 Å². The first-order chi connectivity index (χ1) is 5.66. The van der Waals surface area contributed by atoms with Gasteiger partial charge >= 0.3 is 5.97 Å². The average Bonchev–Trinajstić information content (AvgIpc) is 2.42. The number of aromatic carboxylic acids is 1. The van der Waals surface area contributed by atoms with Crippen LogP contribution in [0.3, 0.4) is 0 Å². The summed E-state index contributed by atoms with van der Waals surface area (Å²) in [6.45, 7) is 1.89. The van der Waals surface area contributed by atoms with Gasteiger partial charge in [-0.15, -0.1) is 11.3 Å². The highest BCUT2D eigenvalue weighted by molar-refractivity contribution is 7.18. The number of carboxylic acid groups (broad SMARTS) is 1. The fourth-order valence-corrected chi connectivity index (χ4v) is 1.87. The molecule has 0 radical (unpaired) electrons. The van der Waals surface area contributed by atoms with E-state index in [2.05, 4.69) is 9.97 Å². The van der Waals surface area contributed by atoms with Crippen LogP contribution < -0.4 is 0 Å². The van der Waals surface area contributed by atoms with Gasteiger partial charge in [-0.1, -0.05) is 0 Å². The number of aromatic nitrogens is 2. The molecule has 2 N–H and O–H groups in total. The van der Waals surface area contributed by atoms with Gasteiger partial charge in [-0.3, -0.25) is 0 Å². The Morgan fingerprint density at radius 1 is 1.75 bits per heavy atom. The minimum Gasteiger partial charge on any atom is -0.477 e. The number of carboxylic acids is 1. The van der Waals surface area contributed by atoms with Crippen LogP contribution in [0.5, 0.6) is 0 Å². The van der Waals surface area contributed by atoms with Crippen molar-refractivity contribution in [1.29, 1.82) is 0 Å². The molecule has 0 aliphatic heterocycles. The molecule has 0 amide bonds. The third-order valence-electron chi connectivity index (χ3n) is 1.52. The summed E-state index contributed by atoms with van der Waals surface area (Å²) in [6.07, 6.45) is 0. The number of aromatic amines is 1. The first kappa shape index (κ1) is 7.30. The zero-order valence-corrected chi connectivity index (χ0v) is 7.10. The number of hydrogen-bond acceptors (Lipinski definition) is 3. The van der Waals surface area contributed by atoms with Crippen molar-refractivity contribution in [3.05, 3.63) is 16.8 Å². The normalized spacial score (nSPS) is 10.8. The third kappa shape index (κ3) is 0.984. The molecule has 62 valence electrons. The van der Waals surface area contributed by atoms with Crippen LogP contribution in [0.2, 0.25) is 0 Å². The second-order valence-electron chi connectivity index (χ2n) is 2.43. The van der Waals surface area contributed by atoms with Crippen molar-refractivity contribution >= 4 is 27.7 Å². The van der Waals surface area contributed by atoms with Crippen LogP contribution in [0.4, 0.5) is 0 Å². The lowest BCUT2D eigenvalue weighted by Crippen LogP contribution is -1.95. The molecule has 2 aromatic heterocycles. The highest BCUT2D eigenvalue weighted by atomic mass is 32.1. The lowest BCUT2D eigenvalue weighted by molar-refractivity contribution is 0.0691. The van der Waals surface area contributed by atoms with Crippen molar-refractivity contribution < 1.29 is 9.90 Å². The second kappa shape index (κ2) is 2.31. The van der Waals surface area contributed by atoms with Crippen molar-refractivity contribution in [2.24, 2.45) is 0 Å². The zero-order chi connectivity index (χ0) is 8.72. The lowest BCUT2D eigenvalue weighted by atomic mass is 10.4. The van der Waals surface area contributed by atoms with Crippen molar-refractivity contribution in [3.8, 4) is 0 Å². The van der Waals surface area contributed by atoms with Crippen LogP contribution in [0.15, 0.2) is 6.07 Å². The monoisotopic (exact) mass is 182 g/mol. The standard InChI is InChI=1S/C7H6N2O2S/c1-3-8-6-5(12-3)2-4(9-6)7(10)11/h2,9H,1H3,(H,10,11). The van der Waals surface area contributed by atoms with Crippen molar-refractivity contribution in [2.45, 2.75) is 6.92 Å². The van der Waals surface area contributed by atoms with E-state index >= 15 is 0 Å². The van der Waals surface area contributed by atoms with E-state index in [0.29, 0.717) is 5.65 Å². The van der Waals surface area contributed by atoms with E-state index in [0.717, 1.165) is 9.71 Å². The number of nitrogens with one attached hydrogen (secondary N) is 1. The molecule has 0 aliphatic rings. The molecule has 2 aromatic rings. The lowest BCUT2D eigenvalue weighted by Gasteiger charge is -1.83. The fraction of sp³-hybridized carbons (Fsp3) is 0.143. The summed E-state index contributed by atoms with van der Waals surface area (Å²) in [5.74, 6) is -0.946. The molecule has 0 saturated carbocycles. The highest BCUT2D eigenvalue weighted by Gasteiger charge is 2.09. The molecule has 2 rings (SSSR count). The number of carbonyl (C=O) groups is 1. The Morgan fingerprint density at radius 2 is 2.50 bits per heavy atom. The minimum absolute atomic E-state index is 0.198. The van der Waals surface area contributed by atoms with Gasteiger partial charge in [0.2, 0.25) is 0 Å². The SMILES string of the molecule is Cc1nc2[nH]c(C(=O)O)cc2s1. The molecular weight excluding hydrogens is 176 g/mol. The molecule has 0 atom stereocenters. The molecule has 0 aromatic carbocycles. The zero-order valence-electron chi connectivity index (χ0n) is 6.29. The number of rotatable bonds is 1. The molecule has 0 spiro atoms. The predicted octanol–water partition coefficient (Wildman–Crippen LogP) is 1.63. The highest BCUT2D eigenvalue weighted by Crippen LogP contribution is 2.21. The average molecular weight is 182 g/mol. The second-order valence-corrected chi connectivity index (χ2v) is 3.67. The Bertz CT molecular complexity index is 412. The summed E-state index contributed by atoms with van der Waals surface area (Å²) in [4.78, 5) is 17.3. The molecule has 0 fully saturated rings. The topological polar surface area (TPSA) is 66.0 Å². The van der Waals surface area contributed by atoms with Gasteiger partial charge in [-0.05, 0) is 13.0 Å². The van der Waals surface area contributed by atoms with E-state index in [4.69, 9.17) is 5.11 Å². The Morgan fingerprint density at radius 3 is 3.08 bits per heavy atom. The predicted molar refractivity (Wildman–Crippen MR) is 45.7 cm³/mol. The van der Waals surface area contributed by atoms with Gasteiger partial charge < -0.3 is 10.1 Å². The van der Waals surface area contributed by atoms with Crippen LogP contribution in [-0.2, 0) is 0 Å². The van der Waals surface area contributed by atoms with E-state index in [1.807, 2.05) is 6.92 Å². The Labute approximate surface area is 71.9 Å². The number of thiazole rings is 1. The van der Waals surface area contributed by atoms with Gasteiger partial charge in [-0.25, -0.2) is 9.78 Å². The first-order valence-corrected chi connectivity index (χ1v) is 4.18. The Kier molecular flexibility index (Phi) is 1.41. The maximum Gasteiger partial charge on any atom is 0.352 e. The van der Waals surface area contributed by atoms with E-state index in [1.54, 1.807) is 6.07 Å². The summed E-state index contributed by atoms with van der Waals surface area (Å²) >= 11 is 1.48.